The number of hydrogen-bond donors (Lipinski definition) is 3. The molecule has 2 amide bonds. The average molecular weight is 1240 g/mol. The largest absolute Gasteiger partial charge is 0.480 e. The number of nitrogens with one attached hydrogen (secondary N) is 2. The number of rotatable bonds is 17. The predicted octanol–water partition coefficient (Wildman–Crippen LogP) is 6.68. The van der Waals surface area contributed by atoms with Crippen molar-refractivity contribution in [3.8, 4) is 23.1 Å². The van der Waals surface area contributed by atoms with Crippen LogP contribution in [0.2, 0.25) is 0 Å². The molecule has 31 heteroatoms. The van der Waals surface area contributed by atoms with Crippen molar-refractivity contribution in [2.24, 2.45) is 0 Å². The third-order valence-electron chi connectivity index (χ3n) is 13.2. The van der Waals surface area contributed by atoms with Gasteiger partial charge in [-0.1, -0.05) is 17.7 Å². The molecule has 2 aromatic heterocycles. The Morgan fingerprint density at radius 1 is 0.571 bits per heavy atom. The van der Waals surface area contributed by atoms with Crippen molar-refractivity contribution in [3.63, 3.8) is 0 Å². The molecular weight excluding hydrogens is 1190 g/mol. The van der Waals surface area contributed by atoms with E-state index in [9.17, 15) is 75.1 Å². The summed E-state index contributed by atoms with van der Waals surface area (Å²) < 4.78 is 204. The van der Waals surface area contributed by atoms with E-state index in [1.54, 1.807) is 19.1 Å². The number of methoxy groups -OCH3 is 2. The average Bonchev–Trinajstić information content (AvgIpc) is 4.34. The molecule has 0 aliphatic carbocycles. The molecule has 2 fully saturated rings. The Hall–Kier alpha value is -7.81. The SMILES string of the molecule is COc1nn(-c2ccc(C(F)(F)F)cc2)cc1CNC(=O)[C@@H]1C[C@H](O)CN1S(=O)(=O)c1ccc(F)cc1.COc1nn(-c2ccc(C(F)(F)F)cc2)cc1CNC(=O)[C@@H]1C[C@H](OS(=O)(=O)c2ccc(C)cc2)CN1S(=O)(=O)c1ccc(F)cc1. The van der Waals surface area contributed by atoms with Crippen molar-refractivity contribution >= 4 is 42.0 Å². The van der Waals surface area contributed by atoms with Crippen LogP contribution in [0.3, 0.4) is 0 Å². The summed E-state index contributed by atoms with van der Waals surface area (Å²) >= 11 is 0. The topological polar surface area (TPSA) is 251 Å². The quantitative estimate of drug-likeness (QED) is 0.0636. The maximum Gasteiger partial charge on any atom is 0.416 e. The smallest absolute Gasteiger partial charge is 0.416 e. The molecule has 7 aromatic rings. The summed E-state index contributed by atoms with van der Waals surface area (Å²) in [5.74, 6) is -2.66. The summed E-state index contributed by atoms with van der Waals surface area (Å²) in [5.41, 5.74) is 0.416. The van der Waals surface area contributed by atoms with E-state index in [1.807, 2.05) is 0 Å². The van der Waals surface area contributed by atoms with Crippen LogP contribution in [0.4, 0.5) is 35.1 Å². The van der Waals surface area contributed by atoms with Gasteiger partial charge in [-0.3, -0.25) is 13.8 Å². The number of sulfonamides is 2. The van der Waals surface area contributed by atoms with Crippen molar-refractivity contribution in [2.45, 2.75) is 84.2 Å². The fraction of sp³-hybridized carbons (Fsp3) is 0.283. The van der Waals surface area contributed by atoms with Gasteiger partial charge in [-0.15, -0.1) is 10.2 Å². The minimum absolute atomic E-state index is 0.0396. The van der Waals surface area contributed by atoms with E-state index >= 15 is 0 Å². The molecule has 0 bridgehead atoms. The Balaban J connectivity index is 0.000000225. The van der Waals surface area contributed by atoms with Crippen molar-refractivity contribution in [1.29, 1.82) is 0 Å². The number of aliphatic hydroxyl groups is 1. The molecule has 0 saturated carbocycles. The number of alkyl halides is 6. The van der Waals surface area contributed by atoms with E-state index in [4.69, 9.17) is 13.7 Å². The number of aliphatic hydroxyl groups excluding tert-OH is 1. The van der Waals surface area contributed by atoms with Gasteiger partial charge < -0.3 is 25.2 Å². The predicted molar refractivity (Wildman–Crippen MR) is 281 cm³/mol. The van der Waals surface area contributed by atoms with Gasteiger partial charge in [-0.25, -0.2) is 35.0 Å². The van der Waals surface area contributed by atoms with Crippen LogP contribution in [0, 0.1) is 18.6 Å². The number of ether oxygens (including phenoxy) is 2. The number of carbonyl (C=O) groups is 2. The van der Waals surface area contributed by atoms with E-state index in [0.717, 1.165) is 87.0 Å². The Morgan fingerprint density at radius 3 is 1.35 bits per heavy atom. The molecule has 0 unspecified atom stereocenters. The Bertz CT molecular complexity index is 3840. The summed E-state index contributed by atoms with van der Waals surface area (Å²) in [6, 6.07) is 19.7. The summed E-state index contributed by atoms with van der Waals surface area (Å²) in [6.07, 6.45) is -8.94. The summed E-state index contributed by atoms with van der Waals surface area (Å²) in [4.78, 5) is 25.8. The second-order valence-electron chi connectivity index (χ2n) is 18.9. The number of halogens is 8. The zero-order valence-electron chi connectivity index (χ0n) is 44.1. The molecule has 20 nitrogen and oxygen atoms in total. The van der Waals surface area contributed by atoms with Gasteiger partial charge in [0, 0.05) is 51.4 Å². The highest BCUT2D eigenvalue weighted by Crippen LogP contribution is 2.34. The molecule has 0 radical (unpaired) electrons. The molecular formula is C53H50F8N8O12S3. The van der Waals surface area contributed by atoms with Gasteiger partial charge >= 0.3 is 12.4 Å². The molecule has 9 rings (SSSR count). The van der Waals surface area contributed by atoms with E-state index in [2.05, 4.69) is 20.8 Å². The van der Waals surface area contributed by atoms with Crippen molar-refractivity contribution < 1.29 is 88.7 Å². The van der Waals surface area contributed by atoms with Crippen LogP contribution in [0.25, 0.3) is 11.4 Å². The van der Waals surface area contributed by atoms with Gasteiger partial charge in [0.1, 0.15) is 23.7 Å². The first kappa shape index (κ1) is 62.2. The number of nitrogens with zero attached hydrogens (tertiary/aromatic N) is 6. The van der Waals surface area contributed by atoms with Gasteiger partial charge in [-0.05, 0) is 116 Å². The lowest BCUT2D eigenvalue weighted by Gasteiger charge is -2.23. The molecule has 2 saturated heterocycles. The normalized spacial score (nSPS) is 18.0. The van der Waals surface area contributed by atoms with E-state index < -0.39 is 108 Å². The minimum Gasteiger partial charge on any atom is -0.480 e. The fourth-order valence-electron chi connectivity index (χ4n) is 8.90. The zero-order chi connectivity index (χ0) is 61.1. The number of benzene rings is 5. The highest BCUT2D eigenvalue weighted by atomic mass is 32.2. The zero-order valence-corrected chi connectivity index (χ0v) is 46.6. The molecule has 5 aromatic carbocycles. The molecule has 84 heavy (non-hydrogen) atoms. The second kappa shape index (κ2) is 24.8. The number of aryl methyl sites for hydroxylation is 1. The van der Waals surface area contributed by atoms with Crippen molar-refractivity contribution in [1.82, 2.24) is 38.8 Å². The third-order valence-corrected chi connectivity index (χ3v) is 18.3. The van der Waals surface area contributed by atoms with Crippen LogP contribution in [-0.2, 0) is 69.4 Å². The fourth-order valence-corrected chi connectivity index (χ4v) is 13.2. The van der Waals surface area contributed by atoms with Crippen LogP contribution >= 0.6 is 0 Å². The van der Waals surface area contributed by atoms with Gasteiger partial charge in [0.25, 0.3) is 10.1 Å². The van der Waals surface area contributed by atoms with Crippen molar-refractivity contribution in [2.75, 3.05) is 27.3 Å². The Kier molecular flexibility index (Phi) is 18.4. The molecule has 4 heterocycles. The van der Waals surface area contributed by atoms with Crippen LogP contribution < -0.4 is 20.1 Å². The van der Waals surface area contributed by atoms with Gasteiger partial charge in [0.15, 0.2) is 0 Å². The number of amides is 2. The maximum absolute atomic E-state index is 13.6. The van der Waals surface area contributed by atoms with E-state index in [-0.39, 0.29) is 64.6 Å². The van der Waals surface area contributed by atoms with Crippen LogP contribution in [0.5, 0.6) is 11.8 Å². The monoisotopic (exact) mass is 1240 g/mol. The van der Waals surface area contributed by atoms with Crippen LogP contribution in [-0.4, -0.2) is 122 Å². The van der Waals surface area contributed by atoms with E-state index in [0.29, 0.717) is 16.8 Å². The Labute approximate surface area is 475 Å². The molecule has 448 valence electrons. The van der Waals surface area contributed by atoms with Crippen LogP contribution in [0.15, 0.2) is 148 Å². The van der Waals surface area contributed by atoms with Gasteiger partial charge in [0.2, 0.25) is 43.6 Å². The van der Waals surface area contributed by atoms with Gasteiger partial charge in [-0.2, -0.15) is 43.4 Å². The first-order valence-electron chi connectivity index (χ1n) is 24.9. The molecule has 0 spiro atoms. The molecule has 3 N–H and O–H groups in total. The summed E-state index contributed by atoms with van der Waals surface area (Å²) in [5, 5.41) is 23.6. The third kappa shape index (κ3) is 14.2. The number of β-amino-alcohol motifs (C(OH)–C–C–N with tert-alkyl or cyclic N) is 1. The summed E-state index contributed by atoms with van der Waals surface area (Å²) in [6.45, 7) is 0.576. The lowest BCUT2D eigenvalue weighted by Crippen LogP contribution is -2.45. The van der Waals surface area contributed by atoms with E-state index in [1.165, 1.54) is 72.4 Å². The first-order chi connectivity index (χ1) is 39.5. The first-order valence-corrected chi connectivity index (χ1v) is 29.2. The van der Waals surface area contributed by atoms with Crippen molar-refractivity contribution in [3.05, 3.63) is 173 Å². The second-order valence-corrected chi connectivity index (χ2v) is 24.3. The molecule has 4 atom stereocenters. The molecule has 2 aliphatic rings. The lowest BCUT2D eigenvalue weighted by atomic mass is 10.2. The minimum atomic E-state index is -4.52. The number of hydrogen-bond acceptors (Lipinski definition) is 14. The molecule has 2 aliphatic heterocycles. The standard InChI is InChI=1S/C30H28F4N4O7S2.C23H22F4N4O5S/c1-19-3-11-26(12-4-19)47(42,43)45-24-15-27(38(18-24)46(40,41)25-13-7-22(31)8-14-25)28(39)35-16-20-17-37(36-29(20)44-2)23-9-5-21(6-10-23)30(32,33)34;1-36-22-14(12-30(29-22)17-6-2-15(3-7-17)23(25,26)27)11-28-21(33)20-10-18(32)13-31(20)37(34,35)19-8-4-16(24)5-9-19/h3-14,17,24,27H,15-16,18H2,1-2H3,(H,35,39);2-9,12,18,20,32H,10-11,13H2,1H3,(H,28,33)/t24-,27-;18-,20-/m00/s1. The lowest BCUT2D eigenvalue weighted by molar-refractivity contribution is -0.138. The number of carbonyl (C=O) groups excluding carboxylic acids is 2. The Morgan fingerprint density at radius 2 is 0.952 bits per heavy atom. The highest BCUT2D eigenvalue weighted by molar-refractivity contribution is 7.89. The van der Waals surface area contributed by atoms with Gasteiger partial charge in [0.05, 0.1) is 74.7 Å². The number of aromatic nitrogens is 4. The summed E-state index contributed by atoms with van der Waals surface area (Å²) in [7, 11) is -10.4. The maximum atomic E-state index is 13.6. The van der Waals surface area contributed by atoms with Crippen LogP contribution in [0.1, 0.15) is 40.7 Å². The highest BCUT2D eigenvalue weighted by Gasteiger charge is 2.47.